The fourth-order valence-electron chi connectivity index (χ4n) is 3.61. The Morgan fingerprint density at radius 2 is 1.26 bits per heavy atom. The molecule has 2 saturated heterocycles. The predicted molar refractivity (Wildman–Crippen MR) is 135 cm³/mol. The molecule has 0 aliphatic carbocycles. The maximum Gasteiger partial charge on any atom is 0.191 e. The van der Waals surface area contributed by atoms with Crippen LogP contribution in [0.3, 0.4) is 0 Å². The first kappa shape index (κ1) is 29.4. The smallest absolute Gasteiger partial charge is 0.191 e. The Labute approximate surface area is 209 Å². The van der Waals surface area contributed by atoms with E-state index in [4.69, 9.17) is 29.6 Å². The zero-order chi connectivity index (χ0) is 24.8. The summed E-state index contributed by atoms with van der Waals surface area (Å²) in [6.07, 6.45) is 9.56. The van der Waals surface area contributed by atoms with E-state index in [0.717, 1.165) is 70.8 Å². The Morgan fingerprint density at radius 3 is 1.71 bits per heavy atom. The van der Waals surface area contributed by atoms with Gasteiger partial charge in [0, 0.05) is 32.7 Å². The van der Waals surface area contributed by atoms with Gasteiger partial charge in [0.05, 0.1) is 6.61 Å². The molecule has 196 valence electrons. The van der Waals surface area contributed by atoms with Gasteiger partial charge in [0.15, 0.2) is 12.6 Å². The van der Waals surface area contributed by atoms with Crippen molar-refractivity contribution in [3.63, 3.8) is 0 Å². The summed E-state index contributed by atoms with van der Waals surface area (Å²) in [6.45, 7) is 2.41. The molecule has 2 aliphatic rings. The molecule has 2 aromatic carbocycles. The van der Waals surface area contributed by atoms with Gasteiger partial charge in [0.1, 0.15) is 0 Å². The van der Waals surface area contributed by atoms with Gasteiger partial charge in [-0.25, -0.2) is 19.9 Å². The van der Waals surface area contributed by atoms with E-state index >= 15 is 0 Å². The number of hydrogen-bond donors (Lipinski definition) is 2. The van der Waals surface area contributed by atoms with Crippen LogP contribution in [-0.4, -0.2) is 49.4 Å². The SMILES string of the molecule is OCCCc1ccccc1.OOC1CCCCO1.c1ccc(CCCOOC2CCCCO2)cc1. The molecular formula is C28H42O7. The summed E-state index contributed by atoms with van der Waals surface area (Å²) in [5, 5.41) is 16.6. The summed E-state index contributed by atoms with van der Waals surface area (Å²) >= 11 is 0. The van der Waals surface area contributed by atoms with Gasteiger partial charge in [-0.1, -0.05) is 60.7 Å². The number of aliphatic hydroxyl groups is 1. The molecule has 0 amide bonds. The number of rotatable bonds is 10. The standard InChI is InChI=1S/C14H20O3.C9H12O.C5H10O3/c1-2-7-13(8-3-1)9-6-12-16-17-14-10-4-5-11-15-14;10-8-4-7-9-5-2-1-3-6-9;6-8-5-3-1-2-4-7-5/h1-3,7-8,14H,4-6,9-12H2;1-3,5-6,10H,4,7-8H2;5-6H,1-4H2. The second kappa shape index (κ2) is 20.4. The highest BCUT2D eigenvalue weighted by Gasteiger charge is 2.14. The Balaban J connectivity index is 0.000000204. The average Bonchev–Trinajstić information content (AvgIpc) is 2.94. The number of ether oxygens (including phenoxy) is 2. The second-order valence-electron chi connectivity index (χ2n) is 8.52. The molecule has 2 fully saturated rings. The molecule has 0 aromatic heterocycles. The predicted octanol–water partition coefficient (Wildman–Crippen LogP) is 5.71. The Hall–Kier alpha value is -1.84. The maximum absolute atomic E-state index is 8.53. The molecule has 2 unspecified atom stereocenters. The zero-order valence-electron chi connectivity index (χ0n) is 20.8. The molecule has 2 atom stereocenters. The minimum atomic E-state index is -0.358. The molecular weight excluding hydrogens is 448 g/mol. The Bertz CT molecular complexity index is 702. The van der Waals surface area contributed by atoms with Crippen LogP contribution in [0, 0.1) is 0 Å². The third-order valence-electron chi connectivity index (χ3n) is 5.57. The van der Waals surface area contributed by atoms with Crippen LogP contribution >= 0.6 is 0 Å². The summed E-state index contributed by atoms with van der Waals surface area (Å²) in [5.74, 6) is 0. The van der Waals surface area contributed by atoms with Crippen molar-refractivity contribution in [2.45, 2.75) is 76.8 Å². The molecule has 0 radical (unpaired) electrons. The monoisotopic (exact) mass is 490 g/mol. The van der Waals surface area contributed by atoms with E-state index in [1.807, 2.05) is 24.3 Å². The van der Waals surface area contributed by atoms with Crippen molar-refractivity contribution in [3.05, 3.63) is 71.8 Å². The van der Waals surface area contributed by atoms with Crippen LogP contribution in [0.15, 0.2) is 60.7 Å². The van der Waals surface area contributed by atoms with E-state index in [-0.39, 0.29) is 19.2 Å². The van der Waals surface area contributed by atoms with E-state index in [9.17, 15) is 0 Å². The second-order valence-corrected chi connectivity index (χ2v) is 8.52. The van der Waals surface area contributed by atoms with Crippen LogP contribution in [0.5, 0.6) is 0 Å². The van der Waals surface area contributed by atoms with Crippen molar-refractivity contribution >= 4 is 0 Å². The number of hydrogen-bond acceptors (Lipinski definition) is 7. The number of aryl methyl sites for hydroxylation is 2. The summed E-state index contributed by atoms with van der Waals surface area (Å²) in [6, 6.07) is 20.6. The fraction of sp³-hybridized carbons (Fsp3) is 0.571. The van der Waals surface area contributed by atoms with E-state index in [2.05, 4.69) is 41.3 Å². The summed E-state index contributed by atoms with van der Waals surface area (Å²) < 4.78 is 10.4. The van der Waals surface area contributed by atoms with Crippen molar-refractivity contribution < 1.29 is 34.5 Å². The van der Waals surface area contributed by atoms with Gasteiger partial charge in [-0.2, -0.15) is 0 Å². The van der Waals surface area contributed by atoms with Gasteiger partial charge in [-0.3, -0.25) is 0 Å². The summed E-state index contributed by atoms with van der Waals surface area (Å²) in [5.41, 5.74) is 2.64. The van der Waals surface area contributed by atoms with Crippen LogP contribution in [0.1, 0.15) is 62.5 Å². The number of benzene rings is 2. The minimum Gasteiger partial charge on any atom is -0.396 e. The largest absolute Gasteiger partial charge is 0.396 e. The molecule has 2 heterocycles. The molecule has 0 spiro atoms. The van der Waals surface area contributed by atoms with E-state index in [0.29, 0.717) is 13.2 Å². The molecule has 35 heavy (non-hydrogen) atoms. The molecule has 2 N–H and O–H groups in total. The molecule has 0 bridgehead atoms. The average molecular weight is 491 g/mol. The van der Waals surface area contributed by atoms with Crippen LogP contribution in [0.25, 0.3) is 0 Å². The van der Waals surface area contributed by atoms with Crippen molar-refractivity contribution in [2.75, 3.05) is 26.4 Å². The first-order valence-corrected chi connectivity index (χ1v) is 12.8. The highest BCUT2D eigenvalue weighted by molar-refractivity contribution is 5.15. The van der Waals surface area contributed by atoms with Crippen molar-refractivity contribution in [1.82, 2.24) is 0 Å². The van der Waals surface area contributed by atoms with Gasteiger partial charge in [0.25, 0.3) is 0 Å². The third-order valence-corrected chi connectivity index (χ3v) is 5.57. The van der Waals surface area contributed by atoms with Gasteiger partial charge in [-0.05, 0) is 62.5 Å². The highest BCUT2D eigenvalue weighted by atomic mass is 17.2. The first-order valence-electron chi connectivity index (χ1n) is 12.8. The normalized spacial score (nSPS) is 19.6. The van der Waals surface area contributed by atoms with Crippen LogP contribution in [0.4, 0.5) is 0 Å². The van der Waals surface area contributed by atoms with Crippen molar-refractivity contribution in [2.24, 2.45) is 0 Å². The minimum absolute atomic E-state index is 0.152. The van der Waals surface area contributed by atoms with Crippen LogP contribution in [-0.2, 0) is 37.0 Å². The third kappa shape index (κ3) is 15.0. The lowest BCUT2D eigenvalue weighted by Crippen LogP contribution is -2.22. The number of aliphatic hydroxyl groups excluding tert-OH is 1. The molecule has 0 saturated carbocycles. The molecule has 2 aromatic rings. The van der Waals surface area contributed by atoms with Gasteiger partial charge >= 0.3 is 0 Å². The Kier molecular flexibility index (Phi) is 17.1. The topological polar surface area (TPSA) is 86.6 Å². The molecule has 2 aliphatic heterocycles. The maximum atomic E-state index is 8.53. The van der Waals surface area contributed by atoms with Crippen LogP contribution < -0.4 is 0 Å². The lowest BCUT2D eigenvalue weighted by Gasteiger charge is -2.21. The van der Waals surface area contributed by atoms with E-state index in [1.54, 1.807) is 0 Å². The molecule has 4 rings (SSSR count). The van der Waals surface area contributed by atoms with Gasteiger partial charge in [-0.15, -0.1) is 0 Å². The Morgan fingerprint density at radius 1 is 0.714 bits per heavy atom. The highest BCUT2D eigenvalue weighted by Crippen LogP contribution is 2.14. The summed E-state index contributed by atoms with van der Waals surface area (Å²) in [4.78, 5) is 14.3. The lowest BCUT2D eigenvalue weighted by atomic mass is 10.1. The van der Waals surface area contributed by atoms with E-state index in [1.165, 1.54) is 11.1 Å². The van der Waals surface area contributed by atoms with E-state index < -0.39 is 0 Å². The van der Waals surface area contributed by atoms with Crippen molar-refractivity contribution in [1.29, 1.82) is 0 Å². The first-order chi connectivity index (χ1) is 17.3. The van der Waals surface area contributed by atoms with Gasteiger partial charge in [0.2, 0.25) is 0 Å². The van der Waals surface area contributed by atoms with Crippen LogP contribution in [0.2, 0.25) is 0 Å². The zero-order valence-corrected chi connectivity index (χ0v) is 20.8. The molecule has 7 nitrogen and oxygen atoms in total. The summed E-state index contributed by atoms with van der Waals surface area (Å²) in [7, 11) is 0. The quantitative estimate of drug-likeness (QED) is 0.251. The van der Waals surface area contributed by atoms with Crippen molar-refractivity contribution in [3.8, 4) is 0 Å². The fourth-order valence-corrected chi connectivity index (χ4v) is 3.61. The lowest BCUT2D eigenvalue weighted by molar-refractivity contribution is -0.384. The van der Waals surface area contributed by atoms with Gasteiger partial charge < -0.3 is 14.6 Å². The molecule has 7 heteroatoms.